The molecule has 0 aromatic carbocycles. The molecule has 1 aliphatic heterocycles. The van der Waals surface area contributed by atoms with Crippen LogP contribution in [0.15, 0.2) is 0 Å². The molecule has 1 amide bonds. The van der Waals surface area contributed by atoms with Gasteiger partial charge in [-0.25, -0.2) is 0 Å². The van der Waals surface area contributed by atoms with Crippen LogP contribution in [0.1, 0.15) is 13.3 Å². The second-order valence-corrected chi connectivity index (χ2v) is 2.71. The van der Waals surface area contributed by atoms with Crippen molar-refractivity contribution in [3.8, 4) is 0 Å². The molecule has 1 heterocycles. The lowest BCUT2D eigenvalue weighted by Crippen LogP contribution is -2.57. The quantitative estimate of drug-likeness (QED) is 0.393. The Balaban J connectivity index is 2.73. The van der Waals surface area contributed by atoms with Crippen LogP contribution in [0.2, 0.25) is 0 Å². The van der Waals surface area contributed by atoms with Gasteiger partial charge in [-0.05, 0) is 13.3 Å². The molecule has 0 aromatic heterocycles. The van der Waals surface area contributed by atoms with Gasteiger partial charge in [-0.2, -0.15) is 0 Å². The van der Waals surface area contributed by atoms with Crippen molar-refractivity contribution in [2.75, 3.05) is 6.54 Å². The van der Waals surface area contributed by atoms with Gasteiger partial charge in [-0.1, -0.05) is 0 Å². The number of nitrogens with one attached hydrogen (secondary N) is 1. The summed E-state index contributed by atoms with van der Waals surface area (Å²) in [5.41, 5.74) is -1.60. The van der Waals surface area contributed by atoms with E-state index in [1.54, 1.807) is 0 Å². The highest BCUT2D eigenvalue weighted by Gasteiger charge is 2.40. The number of rotatable bonds is 0. The molecule has 1 aliphatic rings. The van der Waals surface area contributed by atoms with E-state index in [1.807, 2.05) is 0 Å². The van der Waals surface area contributed by atoms with Gasteiger partial charge in [0.2, 0.25) is 0 Å². The fourth-order valence-electron chi connectivity index (χ4n) is 0.934. The molecular weight excluding hydrogens is 134 g/mol. The first-order valence-corrected chi connectivity index (χ1v) is 3.24. The van der Waals surface area contributed by atoms with Crippen LogP contribution in [0.3, 0.4) is 0 Å². The first-order valence-electron chi connectivity index (χ1n) is 3.24. The average Bonchev–Trinajstić information content (AvgIpc) is 1.84. The summed E-state index contributed by atoms with van der Waals surface area (Å²) in [6.45, 7) is 1.75. The lowest BCUT2D eigenvalue weighted by atomic mass is 9.92. The van der Waals surface area contributed by atoms with Crippen LogP contribution in [0, 0.1) is 0 Å². The molecule has 0 aliphatic carbocycles. The van der Waals surface area contributed by atoms with Crippen LogP contribution in [0.5, 0.6) is 0 Å². The Morgan fingerprint density at radius 1 is 1.80 bits per heavy atom. The molecule has 0 bridgehead atoms. The second-order valence-electron chi connectivity index (χ2n) is 2.71. The highest BCUT2D eigenvalue weighted by atomic mass is 16.4. The molecule has 1 fully saturated rings. The normalized spacial score (nSPS) is 41.1. The van der Waals surface area contributed by atoms with Gasteiger partial charge >= 0.3 is 0 Å². The summed E-state index contributed by atoms with van der Waals surface area (Å²) < 4.78 is 0. The third kappa shape index (κ3) is 0.998. The van der Waals surface area contributed by atoms with E-state index in [9.17, 15) is 9.90 Å². The minimum absolute atomic E-state index is 0.415. The summed E-state index contributed by atoms with van der Waals surface area (Å²) in [6, 6.07) is 0. The molecule has 0 radical (unpaired) electrons. The lowest BCUT2D eigenvalue weighted by molar-refractivity contribution is -0.155. The average molecular weight is 145 g/mol. The summed E-state index contributed by atoms with van der Waals surface area (Å²) >= 11 is 0. The molecule has 10 heavy (non-hydrogen) atoms. The topological polar surface area (TPSA) is 69.6 Å². The van der Waals surface area contributed by atoms with Gasteiger partial charge in [0.05, 0.1) is 6.10 Å². The Morgan fingerprint density at radius 2 is 2.40 bits per heavy atom. The van der Waals surface area contributed by atoms with Crippen LogP contribution in [-0.2, 0) is 4.79 Å². The summed E-state index contributed by atoms with van der Waals surface area (Å²) in [6.07, 6.45) is -0.514. The van der Waals surface area contributed by atoms with Crippen molar-refractivity contribution in [3.63, 3.8) is 0 Å². The van der Waals surface area contributed by atoms with Crippen molar-refractivity contribution in [2.45, 2.75) is 25.0 Å². The van der Waals surface area contributed by atoms with Crippen molar-refractivity contribution in [3.05, 3.63) is 0 Å². The molecule has 4 heteroatoms. The van der Waals surface area contributed by atoms with E-state index in [1.165, 1.54) is 6.92 Å². The number of aliphatic hydroxyl groups is 2. The minimum atomic E-state index is -1.60. The number of amides is 1. The van der Waals surface area contributed by atoms with E-state index in [-0.39, 0.29) is 0 Å². The van der Waals surface area contributed by atoms with Gasteiger partial charge in [0.25, 0.3) is 5.91 Å². The Kier molecular flexibility index (Phi) is 1.66. The van der Waals surface area contributed by atoms with E-state index in [0.717, 1.165) is 0 Å². The zero-order valence-corrected chi connectivity index (χ0v) is 5.79. The number of hydrogen-bond donors (Lipinski definition) is 3. The van der Waals surface area contributed by atoms with Crippen molar-refractivity contribution < 1.29 is 15.0 Å². The van der Waals surface area contributed by atoms with Gasteiger partial charge in [0.1, 0.15) is 0 Å². The fourth-order valence-corrected chi connectivity index (χ4v) is 0.934. The first kappa shape index (κ1) is 7.50. The van der Waals surface area contributed by atoms with E-state index in [4.69, 9.17) is 5.11 Å². The van der Waals surface area contributed by atoms with Crippen molar-refractivity contribution >= 4 is 5.91 Å². The molecule has 1 saturated heterocycles. The zero-order valence-electron chi connectivity index (χ0n) is 5.79. The van der Waals surface area contributed by atoms with Crippen molar-refractivity contribution in [2.24, 2.45) is 0 Å². The number of hydrogen-bond acceptors (Lipinski definition) is 3. The SMILES string of the molecule is CC1(O)C(=O)NCCC1O. The number of carbonyl (C=O) groups is 1. The van der Waals surface area contributed by atoms with Crippen molar-refractivity contribution in [1.29, 1.82) is 0 Å². The Morgan fingerprint density at radius 3 is 2.80 bits per heavy atom. The molecule has 1 rings (SSSR count). The monoisotopic (exact) mass is 145 g/mol. The molecule has 58 valence electrons. The van der Waals surface area contributed by atoms with Gasteiger partial charge in [-0.15, -0.1) is 0 Å². The lowest BCUT2D eigenvalue weighted by Gasteiger charge is -2.32. The van der Waals surface area contributed by atoms with E-state index < -0.39 is 17.6 Å². The largest absolute Gasteiger partial charge is 0.390 e. The number of piperidine rings is 1. The predicted octanol–water partition coefficient (Wildman–Crippen LogP) is -1.38. The summed E-state index contributed by atoms with van der Waals surface area (Å²) in [5.74, 6) is -0.494. The van der Waals surface area contributed by atoms with Crippen LogP contribution in [-0.4, -0.2) is 34.4 Å². The molecule has 2 atom stereocenters. The third-order valence-electron chi connectivity index (χ3n) is 1.81. The molecule has 0 aromatic rings. The molecule has 0 spiro atoms. The molecular formula is C6H11NO3. The maximum atomic E-state index is 10.8. The Labute approximate surface area is 58.9 Å². The number of carbonyl (C=O) groups excluding carboxylic acids is 1. The van der Waals surface area contributed by atoms with Crippen LogP contribution in [0.25, 0.3) is 0 Å². The van der Waals surface area contributed by atoms with E-state index >= 15 is 0 Å². The molecule has 2 unspecified atom stereocenters. The Bertz CT molecular complexity index is 155. The van der Waals surface area contributed by atoms with Gasteiger partial charge in [0.15, 0.2) is 5.60 Å². The predicted molar refractivity (Wildman–Crippen MR) is 34.3 cm³/mol. The first-order chi connectivity index (χ1) is 4.55. The van der Waals surface area contributed by atoms with Crippen LogP contribution >= 0.6 is 0 Å². The number of aliphatic hydroxyl groups excluding tert-OH is 1. The van der Waals surface area contributed by atoms with E-state index in [0.29, 0.717) is 13.0 Å². The van der Waals surface area contributed by atoms with Gasteiger partial charge < -0.3 is 15.5 Å². The maximum Gasteiger partial charge on any atom is 0.254 e. The summed E-state index contributed by atoms with van der Waals surface area (Å²) in [5, 5.41) is 20.8. The summed E-state index contributed by atoms with van der Waals surface area (Å²) in [7, 11) is 0. The highest BCUT2D eigenvalue weighted by molar-refractivity contribution is 5.85. The summed E-state index contributed by atoms with van der Waals surface area (Å²) in [4.78, 5) is 10.8. The fraction of sp³-hybridized carbons (Fsp3) is 0.833. The highest BCUT2D eigenvalue weighted by Crippen LogP contribution is 2.16. The van der Waals surface area contributed by atoms with Crippen molar-refractivity contribution in [1.82, 2.24) is 5.32 Å². The van der Waals surface area contributed by atoms with Gasteiger partial charge in [-0.3, -0.25) is 4.79 Å². The Hall–Kier alpha value is -0.610. The van der Waals surface area contributed by atoms with Crippen LogP contribution in [0.4, 0.5) is 0 Å². The maximum absolute atomic E-state index is 10.8. The zero-order chi connectivity index (χ0) is 7.78. The second kappa shape index (κ2) is 2.21. The van der Waals surface area contributed by atoms with Gasteiger partial charge in [0, 0.05) is 6.54 Å². The molecule has 0 saturated carbocycles. The smallest absolute Gasteiger partial charge is 0.254 e. The standard InChI is InChI=1S/C6H11NO3/c1-6(10)4(8)2-3-7-5(6)9/h4,8,10H,2-3H2,1H3,(H,7,9). The van der Waals surface area contributed by atoms with E-state index in [2.05, 4.69) is 5.32 Å². The third-order valence-corrected chi connectivity index (χ3v) is 1.81. The van der Waals surface area contributed by atoms with Crippen LogP contribution < -0.4 is 5.32 Å². The molecule has 4 nitrogen and oxygen atoms in total. The minimum Gasteiger partial charge on any atom is -0.390 e. The molecule has 3 N–H and O–H groups in total.